The Hall–Kier alpha value is -0.830. The van der Waals surface area contributed by atoms with Crippen LogP contribution in [0.25, 0.3) is 0 Å². The van der Waals surface area contributed by atoms with Crippen molar-refractivity contribution in [1.29, 1.82) is 0 Å². The van der Waals surface area contributed by atoms with Crippen LogP contribution in [0.5, 0.6) is 0 Å². The molecule has 0 aliphatic heterocycles. The first-order valence-corrected chi connectivity index (χ1v) is 6.65. The van der Waals surface area contributed by atoms with Crippen LogP contribution in [-0.2, 0) is 6.54 Å². The summed E-state index contributed by atoms with van der Waals surface area (Å²) in [6.45, 7) is 4.04. The highest BCUT2D eigenvalue weighted by Crippen LogP contribution is 2.26. The Morgan fingerprint density at radius 3 is 2.75 bits per heavy atom. The Kier molecular flexibility index (Phi) is 4.40. The van der Waals surface area contributed by atoms with E-state index in [1.165, 1.54) is 44.2 Å². The number of hydrogen-bond acceptors (Lipinski definition) is 2. The van der Waals surface area contributed by atoms with E-state index in [-0.39, 0.29) is 0 Å². The van der Waals surface area contributed by atoms with Crippen molar-refractivity contribution in [2.75, 3.05) is 6.54 Å². The maximum atomic E-state index is 4.67. The van der Waals surface area contributed by atoms with Crippen LogP contribution in [0, 0.1) is 0 Å². The van der Waals surface area contributed by atoms with Gasteiger partial charge in [-0.25, -0.2) is 0 Å². The van der Waals surface area contributed by atoms with Gasteiger partial charge in [0.15, 0.2) is 0 Å². The highest BCUT2D eigenvalue weighted by atomic mass is 15.3. The second kappa shape index (κ2) is 6.04. The highest BCUT2D eigenvalue weighted by molar-refractivity contribution is 4.99. The normalized spacial score (nSPS) is 18.6. The van der Waals surface area contributed by atoms with Crippen LogP contribution in [0.3, 0.4) is 0 Å². The lowest BCUT2D eigenvalue weighted by molar-refractivity contribution is 0.402. The van der Waals surface area contributed by atoms with Crippen LogP contribution >= 0.6 is 0 Å². The Morgan fingerprint density at radius 2 is 2.06 bits per heavy atom. The van der Waals surface area contributed by atoms with Gasteiger partial charge in [-0.3, -0.25) is 4.68 Å². The molecule has 1 aromatic rings. The maximum Gasteiger partial charge on any atom is 0.0762 e. The minimum absolute atomic E-state index is 0.651. The molecule has 2 rings (SSSR count). The van der Waals surface area contributed by atoms with E-state index in [1.807, 2.05) is 0 Å². The smallest absolute Gasteiger partial charge is 0.0762 e. The van der Waals surface area contributed by atoms with Crippen molar-refractivity contribution < 1.29 is 0 Å². The summed E-state index contributed by atoms with van der Waals surface area (Å²) < 4.78 is 2.19. The lowest BCUT2D eigenvalue weighted by atomic mass is 10.1. The first-order valence-electron chi connectivity index (χ1n) is 6.65. The molecular formula is C13H23N3. The van der Waals surface area contributed by atoms with Gasteiger partial charge >= 0.3 is 0 Å². The molecular weight excluding hydrogens is 198 g/mol. The largest absolute Gasteiger partial charge is 0.311 e. The summed E-state index contributed by atoms with van der Waals surface area (Å²) in [4.78, 5) is 0. The standard InChI is InChI=1S/C13H23N3/c1-2-14-11-12-9-10-16(15-12)13-7-5-3-4-6-8-13/h9-10,13-14H,2-8,11H2,1H3. The minimum atomic E-state index is 0.651. The molecule has 0 bridgehead atoms. The van der Waals surface area contributed by atoms with Gasteiger partial charge in [0.25, 0.3) is 0 Å². The van der Waals surface area contributed by atoms with Crippen LogP contribution in [0.4, 0.5) is 0 Å². The van der Waals surface area contributed by atoms with Crippen molar-refractivity contribution in [3.05, 3.63) is 18.0 Å². The summed E-state index contributed by atoms with van der Waals surface area (Å²) in [7, 11) is 0. The molecule has 0 saturated heterocycles. The van der Waals surface area contributed by atoms with E-state index in [0.29, 0.717) is 6.04 Å². The van der Waals surface area contributed by atoms with Crippen LogP contribution < -0.4 is 5.32 Å². The minimum Gasteiger partial charge on any atom is -0.311 e. The van der Waals surface area contributed by atoms with Crippen molar-refractivity contribution in [1.82, 2.24) is 15.1 Å². The first kappa shape index (κ1) is 11.6. The second-order valence-corrected chi connectivity index (χ2v) is 4.71. The summed E-state index contributed by atoms with van der Waals surface area (Å²) in [6.07, 6.45) is 10.3. The molecule has 0 unspecified atom stereocenters. The Bertz CT molecular complexity index is 298. The third-order valence-electron chi connectivity index (χ3n) is 3.42. The van der Waals surface area contributed by atoms with Crippen molar-refractivity contribution in [3.63, 3.8) is 0 Å². The topological polar surface area (TPSA) is 29.9 Å². The van der Waals surface area contributed by atoms with Gasteiger partial charge in [-0.15, -0.1) is 0 Å². The summed E-state index contributed by atoms with van der Waals surface area (Å²) in [5.74, 6) is 0. The molecule has 1 aromatic heterocycles. The highest BCUT2D eigenvalue weighted by Gasteiger charge is 2.14. The van der Waals surface area contributed by atoms with Crippen molar-refractivity contribution in [3.8, 4) is 0 Å². The Balaban J connectivity index is 1.94. The third-order valence-corrected chi connectivity index (χ3v) is 3.42. The van der Waals surface area contributed by atoms with Gasteiger partial charge in [0.05, 0.1) is 11.7 Å². The van der Waals surface area contributed by atoms with Crippen molar-refractivity contribution >= 4 is 0 Å². The molecule has 1 aliphatic rings. The molecule has 0 aromatic carbocycles. The Morgan fingerprint density at radius 1 is 1.31 bits per heavy atom. The summed E-state index contributed by atoms with van der Waals surface area (Å²) in [6, 6.07) is 2.80. The molecule has 1 heterocycles. The molecule has 1 N–H and O–H groups in total. The van der Waals surface area contributed by atoms with Gasteiger partial charge in [0.2, 0.25) is 0 Å². The van der Waals surface area contributed by atoms with E-state index in [1.54, 1.807) is 0 Å². The summed E-state index contributed by atoms with van der Waals surface area (Å²) >= 11 is 0. The fraction of sp³-hybridized carbons (Fsp3) is 0.769. The summed E-state index contributed by atoms with van der Waals surface area (Å²) in [5.41, 5.74) is 1.17. The number of nitrogens with one attached hydrogen (secondary N) is 1. The average molecular weight is 221 g/mol. The molecule has 0 spiro atoms. The maximum absolute atomic E-state index is 4.67. The van der Waals surface area contributed by atoms with E-state index in [0.717, 1.165) is 13.1 Å². The quantitative estimate of drug-likeness (QED) is 0.792. The van der Waals surface area contributed by atoms with E-state index in [2.05, 4.69) is 34.3 Å². The predicted octanol–water partition coefficient (Wildman–Crippen LogP) is 2.89. The third kappa shape index (κ3) is 3.08. The zero-order valence-corrected chi connectivity index (χ0v) is 10.3. The van der Waals surface area contributed by atoms with Crippen molar-refractivity contribution in [2.45, 2.75) is 58.0 Å². The van der Waals surface area contributed by atoms with Crippen LogP contribution in [-0.4, -0.2) is 16.3 Å². The average Bonchev–Trinajstić information content (AvgIpc) is 2.60. The molecule has 0 amide bonds. The fourth-order valence-electron chi connectivity index (χ4n) is 2.45. The molecule has 3 nitrogen and oxygen atoms in total. The summed E-state index contributed by atoms with van der Waals surface area (Å²) in [5, 5.41) is 7.98. The number of nitrogens with zero attached hydrogens (tertiary/aromatic N) is 2. The monoisotopic (exact) mass is 221 g/mol. The van der Waals surface area contributed by atoms with Crippen LogP contribution in [0.2, 0.25) is 0 Å². The molecule has 0 atom stereocenters. The van der Waals surface area contributed by atoms with Gasteiger partial charge in [-0.05, 0) is 25.5 Å². The van der Waals surface area contributed by atoms with E-state index in [4.69, 9.17) is 0 Å². The zero-order valence-electron chi connectivity index (χ0n) is 10.3. The van der Waals surface area contributed by atoms with Gasteiger partial charge in [0.1, 0.15) is 0 Å². The molecule has 90 valence electrons. The van der Waals surface area contributed by atoms with Crippen LogP contribution in [0.1, 0.15) is 57.2 Å². The Labute approximate surface area is 98.2 Å². The lowest BCUT2D eigenvalue weighted by Gasteiger charge is -2.14. The van der Waals surface area contributed by atoms with E-state index >= 15 is 0 Å². The van der Waals surface area contributed by atoms with Crippen LogP contribution in [0.15, 0.2) is 12.3 Å². The molecule has 0 radical (unpaired) electrons. The number of aromatic nitrogens is 2. The fourth-order valence-corrected chi connectivity index (χ4v) is 2.45. The molecule has 3 heteroatoms. The zero-order chi connectivity index (χ0) is 11.2. The first-order chi connectivity index (χ1) is 7.90. The number of hydrogen-bond donors (Lipinski definition) is 1. The van der Waals surface area contributed by atoms with E-state index < -0.39 is 0 Å². The second-order valence-electron chi connectivity index (χ2n) is 4.71. The van der Waals surface area contributed by atoms with E-state index in [9.17, 15) is 0 Å². The molecule has 1 fully saturated rings. The predicted molar refractivity (Wildman–Crippen MR) is 66.3 cm³/mol. The lowest BCUT2D eigenvalue weighted by Crippen LogP contribution is -2.14. The molecule has 16 heavy (non-hydrogen) atoms. The van der Waals surface area contributed by atoms with Crippen molar-refractivity contribution in [2.24, 2.45) is 0 Å². The molecule has 1 saturated carbocycles. The van der Waals surface area contributed by atoms with Gasteiger partial charge in [-0.1, -0.05) is 32.6 Å². The van der Waals surface area contributed by atoms with Gasteiger partial charge < -0.3 is 5.32 Å². The van der Waals surface area contributed by atoms with Gasteiger partial charge in [-0.2, -0.15) is 5.10 Å². The SMILES string of the molecule is CCNCc1ccn(C2CCCCCC2)n1. The molecule has 1 aliphatic carbocycles. The number of rotatable bonds is 4. The van der Waals surface area contributed by atoms with Gasteiger partial charge in [0, 0.05) is 12.7 Å².